The number of amides is 1. The number of H-pyrrole nitrogens is 1. The second kappa shape index (κ2) is 7.18. The number of nitrogens with one attached hydrogen (secondary N) is 1. The van der Waals surface area contributed by atoms with Crippen molar-refractivity contribution >= 4 is 28.4 Å². The lowest BCUT2D eigenvalue weighted by molar-refractivity contribution is -0.134. The molecule has 1 aliphatic rings. The fraction of sp³-hybridized carbons (Fsp3) is 0.579. The summed E-state index contributed by atoms with van der Waals surface area (Å²) in [4.78, 5) is 13.9. The largest absolute Gasteiger partial charge is 0.388 e. The number of benzene rings is 1. The Morgan fingerprint density at radius 1 is 1.42 bits per heavy atom. The first kappa shape index (κ1) is 19.1. The minimum absolute atomic E-state index is 0.00388. The van der Waals surface area contributed by atoms with E-state index in [1.54, 1.807) is 13.1 Å². The van der Waals surface area contributed by atoms with Gasteiger partial charge in [0.1, 0.15) is 0 Å². The first-order valence-electron chi connectivity index (χ1n) is 9.06. The number of aromatic nitrogens is 2. The fourth-order valence-electron chi connectivity index (χ4n) is 4.02. The Kier molecular flexibility index (Phi) is 5.28. The molecule has 142 valence electrons. The third-order valence-electron chi connectivity index (χ3n) is 5.79. The number of piperidine rings is 1. The summed E-state index contributed by atoms with van der Waals surface area (Å²) in [7, 11) is 0. The zero-order valence-electron chi connectivity index (χ0n) is 15.5. The van der Waals surface area contributed by atoms with Gasteiger partial charge in [0, 0.05) is 29.1 Å². The van der Waals surface area contributed by atoms with E-state index in [0.29, 0.717) is 18.1 Å². The zero-order chi connectivity index (χ0) is 19.1. The molecule has 1 fully saturated rings. The molecule has 7 heteroatoms. The minimum atomic E-state index is -0.690. The lowest BCUT2D eigenvalue weighted by Gasteiger charge is -2.43. The van der Waals surface area contributed by atoms with Crippen LogP contribution in [0.1, 0.15) is 45.3 Å². The van der Waals surface area contributed by atoms with Gasteiger partial charge < -0.3 is 15.7 Å². The lowest BCUT2D eigenvalue weighted by Crippen LogP contribution is -2.48. The number of nitrogens with zero attached hydrogens (tertiary/aromatic N) is 2. The molecule has 6 nitrogen and oxygen atoms in total. The Morgan fingerprint density at radius 2 is 2.08 bits per heavy atom. The van der Waals surface area contributed by atoms with Crippen LogP contribution in [0.4, 0.5) is 0 Å². The second-order valence-corrected chi connectivity index (χ2v) is 8.38. The molecule has 0 saturated carbocycles. The number of carbonyl (C=O) groups is 1. The highest BCUT2D eigenvalue weighted by Crippen LogP contribution is 2.46. The van der Waals surface area contributed by atoms with Crippen molar-refractivity contribution in [2.45, 2.75) is 45.8 Å². The second-order valence-electron chi connectivity index (χ2n) is 7.94. The van der Waals surface area contributed by atoms with Crippen molar-refractivity contribution in [2.75, 3.05) is 13.1 Å². The van der Waals surface area contributed by atoms with Crippen LogP contribution in [0.15, 0.2) is 18.3 Å². The van der Waals surface area contributed by atoms with Crippen LogP contribution in [0.2, 0.25) is 5.02 Å². The molecule has 2 aromatic rings. The summed E-state index contributed by atoms with van der Waals surface area (Å²) in [5.74, 6) is 0.280. The smallest absolute Gasteiger partial charge is 0.239 e. The Hall–Kier alpha value is -1.63. The number of rotatable bonds is 4. The van der Waals surface area contributed by atoms with Crippen LogP contribution in [0.25, 0.3) is 10.9 Å². The van der Waals surface area contributed by atoms with E-state index < -0.39 is 12.1 Å². The Bertz CT molecular complexity index is 794. The zero-order valence-corrected chi connectivity index (χ0v) is 16.3. The highest BCUT2D eigenvalue weighted by atomic mass is 35.5. The molecule has 0 aliphatic carbocycles. The summed E-state index contributed by atoms with van der Waals surface area (Å²) < 4.78 is 0. The number of nitrogens with two attached hydrogens (primary N) is 1. The van der Waals surface area contributed by atoms with Crippen LogP contribution < -0.4 is 5.73 Å². The predicted octanol–water partition coefficient (Wildman–Crippen LogP) is 2.86. The van der Waals surface area contributed by atoms with Crippen molar-refractivity contribution in [3.8, 4) is 0 Å². The van der Waals surface area contributed by atoms with E-state index >= 15 is 0 Å². The first-order valence-corrected chi connectivity index (χ1v) is 9.44. The first-order chi connectivity index (χ1) is 12.2. The number of hydrogen-bond donors (Lipinski definition) is 3. The predicted molar refractivity (Wildman–Crippen MR) is 103 cm³/mol. The maximum Gasteiger partial charge on any atom is 0.239 e. The minimum Gasteiger partial charge on any atom is -0.388 e. The quantitative estimate of drug-likeness (QED) is 0.762. The lowest BCUT2D eigenvalue weighted by atomic mass is 9.68. The third kappa shape index (κ3) is 3.46. The van der Waals surface area contributed by atoms with Gasteiger partial charge in [0.2, 0.25) is 5.91 Å². The third-order valence-corrected chi connectivity index (χ3v) is 6.01. The molecule has 26 heavy (non-hydrogen) atoms. The van der Waals surface area contributed by atoms with Gasteiger partial charge in [0.05, 0.1) is 23.9 Å². The molecule has 0 unspecified atom stereocenters. The summed E-state index contributed by atoms with van der Waals surface area (Å²) in [6, 6.07) is 3.18. The number of aromatic amines is 1. The molecular weight excluding hydrogens is 352 g/mol. The summed E-state index contributed by atoms with van der Waals surface area (Å²) in [6.07, 6.45) is 2.71. The van der Waals surface area contributed by atoms with Crippen LogP contribution in [0.3, 0.4) is 0 Å². The van der Waals surface area contributed by atoms with Crippen molar-refractivity contribution in [3.63, 3.8) is 0 Å². The van der Waals surface area contributed by atoms with Gasteiger partial charge in [-0.1, -0.05) is 25.4 Å². The number of halogens is 1. The SMILES string of the molecule is C[C@@H](N)C(=O)N1CCC(C(C)(C)[C@H](O)c2cc(Cl)cc3cn[nH]c23)CC1. The monoisotopic (exact) mass is 378 g/mol. The van der Waals surface area contributed by atoms with E-state index in [0.717, 1.165) is 29.3 Å². The van der Waals surface area contributed by atoms with E-state index in [1.807, 2.05) is 17.0 Å². The number of hydrogen-bond acceptors (Lipinski definition) is 4. The average molecular weight is 379 g/mol. The average Bonchev–Trinajstić information content (AvgIpc) is 3.07. The van der Waals surface area contributed by atoms with Crippen molar-refractivity contribution in [1.82, 2.24) is 15.1 Å². The number of fused-ring (bicyclic) bond motifs is 1. The van der Waals surface area contributed by atoms with Gasteiger partial charge in [0.25, 0.3) is 0 Å². The van der Waals surface area contributed by atoms with Gasteiger partial charge in [0.15, 0.2) is 0 Å². The Balaban J connectivity index is 1.79. The van der Waals surface area contributed by atoms with Crippen LogP contribution in [-0.4, -0.2) is 45.2 Å². The molecule has 0 spiro atoms. The Morgan fingerprint density at radius 3 is 2.69 bits per heavy atom. The maximum atomic E-state index is 12.1. The Labute approximate surface area is 158 Å². The van der Waals surface area contributed by atoms with Gasteiger partial charge in [-0.15, -0.1) is 0 Å². The summed E-state index contributed by atoms with van der Waals surface area (Å²) in [5, 5.41) is 19.7. The fourth-order valence-corrected chi connectivity index (χ4v) is 4.25. The van der Waals surface area contributed by atoms with E-state index in [-0.39, 0.29) is 17.2 Å². The van der Waals surface area contributed by atoms with Crippen molar-refractivity contribution < 1.29 is 9.90 Å². The molecule has 1 aliphatic heterocycles. The van der Waals surface area contributed by atoms with Gasteiger partial charge in [-0.2, -0.15) is 5.10 Å². The molecule has 1 amide bonds. The van der Waals surface area contributed by atoms with Crippen LogP contribution in [0.5, 0.6) is 0 Å². The van der Waals surface area contributed by atoms with Crippen molar-refractivity contribution in [3.05, 3.63) is 28.9 Å². The van der Waals surface area contributed by atoms with Crippen LogP contribution >= 0.6 is 11.6 Å². The molecule has 1 saturated heterocycles. The van der Waals surface area contributed by atoms with Crippen LogP contribution in [0, 0.1) is 11.3 Å². The molecule has 2 heterocycles. The number of aliphatic hydroxyl groups excluding tert-OH is 1. The topological polar surface area (TPSA) is 95.2 Å². The molecule has 1 aromatic heterocycles. The van der Waals surface area contributed by atoms with Gasteiger partial charge >= 0.3 is 0 Å². The van der Waals surface area contributed by atoms with Gasteiger partial charge in [-0.05, 0) is 43.2 Å². The number of aliphatic hydroxyl groups is 1. The molecule has 4 N–H and O–H groups in total. The van der Waals surface area contributed by atoms with Crippen LogP contribution in [-0.2, 0) is 4.79 Å². The normalized spacial score (nSPS) is 18.9. The summed E-state index contributed by atoms with van der Waals surface area (Å²) >= 11 is 6.24. The summed E-state index contributed by atoms with van der Waals surface area (Å²) in [6.45, 7) is 7.23. The summed E-state index contributed by atoms with van der Waals surface area (Å²) in [5.41, 5.74) is 6.93. The van der Waals surface area contributed by atoms with Gasteiger partial charge in [-0.3, -0.25) is 9.89 Å². The molecular formula is C19H27ClN4O2. The maximum absolute atomic E-state index is 12.1. The highest BCUT2D eigenvalue weighted by molar-refractivity contribution is 6.31. The van der Waals surface area contributed by atoms with E-state index in [4.69, 9.17) is 17.3 Å². The molecule has 2 atom stereocenters. The standard InChI is InChI=1S/C19H27ClN4O2/c1-11(21)18(26)24-6-4-13(5-7-24)19(2,3)17(25)15-9-14(20)8-12-10-22-23-16(12)15/h8-11,13,17,25H,4-7,21H2,1-3H3,(H,22,23)/t11-,17-/m1/s1. The number of likely N-dealkylation sites (tertiary alicyclic amines) is 1. The molecule has 0 bridgehead atoms. The van der Waals surface area contributed by atoms with Crippen molar-refractivity contribution in [1.29, 1.82) is 0 Å². The molecule has 0 radical (unpaired) electrons. The highest BCUT2D eigenvalue weighted by Gasteiger charge is 2.40. The van der Waals surface area contributed by atoms with E-state index in [2.05, 4.69) is 24.0 Å². The molecule has 1 aromatic carbocycles. The number of carbonyl (C=O) groups excluding carboxylic acids is 1. The van der Waals surface area contributed by atoms with E-state index in [1.165, 1.54) is 0 Å². The van der Waals surface area contributed by atoms with Gasteiger partial charge in [-0.25, -0.2) is 0 Å². The van der Waals surface area contributed by atoms with E-state index in [9.17, 15) is 9.90 Å². The van der Waals surface area contributed by atoms with Crippen molar-refractivity contribution in [2.24, 2.45) is 17.1 Å². The molecule has 3 rings (SSSR count).